The van der Waals surface area contributed by atoms with Gasteiger partial charge >= 0.3 is 5.69 Å². The molecule has 0 amide bonds. The summed E-state index contributed by atoms with van der Waals surface area (Å²) in [7, 11) is 0. The number of anilines is 1. The fourth-order valence-electron chi connectivity index (χ4n) is 1.21. The average molecular weight is 168 g/mol. The van der Waals surface area contributed by atoms with Crippen LogP contribution in [0.2, 0.25) is 0 Å². The van der Waals surface area contributed by atoms with Gasteiger partial charge in [-0.1, -0.05) is 0 Å². The summed E-state index contributed by atoms with van der Waals surface area (Å²) in [6.45, 7) is 0. The van der Waals surface area contributed by atoms with Gasteiger partial charge in [-0.05, 0) is 12.8 Å². The summed E-state index contributed by atoms with van der Waals surface area (Å²) in [6, 6.07) is 0. The zero-order valence-corrected chi connectivity index (χ0v) is 6.28. The maximum absolute atomic E-state index is 10.5. The first-order chi connectivity index (χ1) is 5.70. The van der Waals surface area contributed by atoms with Crippen LogP contribution in [0.15, 0.2) is 0 Å². The van der Waals surface area contributed by atoms with Gasteiger partial charge in [0.05, 0.1) is 4.92 Å². The minimum absolute atomic E-state index is 0.0121. The van der Waals surface area contributed by atoms with E-state index in [1.165, 1.54) is 0 Å². The molecule has 2 rings (SSSR count). The highest BCUT2D eigenvalue weighted by Crippen LogP contribution is 2.44. The molecular weight excluding hydrogens is 160 g/mol. The quantitative estimate of drug-likeness (QED) is 0.503. The third-order valence-electron chi connectivity index (χ3n) is 1.96. The molecule has 0 saturated heterocycles. The zero-order valence-electron chi connectivity index (χ0n) is 6.28. The van der Waals surface area contributed by atoms with Crippen LogP contribution in [-0.4, -0.2) is 15.1 Å². The van der Waals surface area contributed by atoms with Gasteiger partial charge in [-0.25, -0.2) is 0 Å². The first-order valence-corrected chi connectivity index (χ1v) is 3.68. The molecule has 6 heteroatoms. The van der Waals surface area contributed by atoms with E-state index in [0.29, 0.717) is 5.69 Å². The number of nitrogens with zero attached hydrogens (tertiary/aromatic N) is 2. The summed E-state index contributed by atoms with van der Waals surface area (Å²) >= 11 is 0. The number of aromatic amines is 1. The van der Waals surface area contributed by atoms with Crippen molar-refractivity contribution in [2.75, 3.05) is 5.73 Å². The van der Waals surface area contributed by atoms with Crippen molar-refractivity contribution in [1.29, 1.82) is 0 Å². The predicted octanol–water partition coefficient (Wildman–Crippen LogP) is 0.777. The molecule has 0 bridgehead atoms. The highest BCUT2D eigenvalue weighted by molar-refractivity contribution is 5.57. The van der Waals surface area contributed by atoms with Crippen molar-refractivity contribution < 1.29 is 4.92 Å². The lowest BCUT2D eigenvalue weighted by molar-refractivity contribution is -0.384. The number of nitrogens with one attached hydrogen (secondary N) is 1. The van der Waals surface area contributed by atoms with Crippen molar-refractivity contribution in [3.05, 3.63) is 15.8 Å². The van der Waals surface area contributed by atoms with Gasteiger partial charge < -0.3 is 5.73 Å². The van der Waals surface area contributed by atoms with E-state index in [9.17, 15) is 10.1 Å². The van der Waals surface area contributed by atoms with E-state index in [4.69, 9.17) is 5.73 Å². The molecule has 1 saturated carbocycles. The molecule has 1 aliphatic rings. The van der Waals surface area contributed by atoms with E-state index in [1.54, 1.807) is 0 Å². The minimum Gasteiger partial charge on any atom is -0.376 e. The smallest absolute Gasteiger partial charge is 0.333 e. The molecular formula is C6H8N4O2. The van der Waals surface area contributed by atoms with Gasteiger partial charge in [-0.15, -0.1) is 0 Å². The van der Waals surface area contributed by atoms with Crippen molar-refractivity contribution in [3.8, 4) is 0 Å². The lowest BCUT2D eigenvalue weighted by Gasteiger charge is -1.90. The zero-order chi connectivity index (χ0) is 8.72. The Morgan fingerprint density at radius 2 is 2.33 bits per heavy atom. The highest BCUT2D eigenvalue weighted by Gasteiger charge is 2.34. The van der Waals surface area contributed by atoms with Gasteiger partial charge in [-0.3, -0.25) is 15.2 Å². The van der Waals surface area contributed by atoms with E-state index in [-0.39, 0.29) is 17.4 Å². The summed E-state index contributed by atoms with van der Waals surface area (Å²) in [5.41, 5.74) is 5.86. The van der Waals surface area contributed by atoms with Gasteiger partial charge in [-0.2, -0.15) is 5.10 Å². The Bertz CT molecular complexity index is 328. The molecule has 1 aromatic heterocycles. The summed E-state index contributed by atoms with van der Waals surface area (Å²) in [5.74, 6) is 0.261. The van der Waals surface area contributed by atoms with Crippen LogP contribution in [-0.2, 0) is 0 Å². The second-order valence-corrected chi connectivity index (χ2v) is 2.90. The van der Waals surface area contributed by atoms with Gasteiger partial charge in [0, 0.05) is 5.92 Å². The summed E-state index contributed by atoms with van der Waals surface area (Å²) in [5, 5.41) is 16.7. The Kier molecular flexibility index (Phi) is 1.30. The number of nitrogen functional groups attached to an aromatic ring is 1. The van der Waals surface area contributed by atoms with Crippen molar-refractivity contribution in [3.63, 3.8) is 0 Å². The summed E-state index contributed by atoms with van der Waals surface area (Å²) in [4.78, 5) is 10.0. The van der Waals surface area contributed by atoms with Crippen molar-refractivity contribution in [1.82, 2.24) is 10.2 Å². The molecule has 64 valence electrons. The predicted molar refractivity (Wildman–Crippen MR) is 41.6 cm³/mol. The first kappa shape index (κ1) is 7.08. The Balaban J connectivity index is 2.46. The van der Waals surface area contributed by atoms with Crippen LogP contribution < -0.4 is 5.73 Å². The average Bonchev–Trinajstić information content (AvgIpc) is 2.75. The Morgan fingerprint density at radius 1 is 1.67 bits per heavy atom. The number of nitrogens with two attached hydrogens (primary N) is 1. The fraction of sp³-hybridized carbons (Fsp3) is 0.500. The standard InChI is InChI=1S/C6H8N4O2/c7-6-5(10(11)12)4(8-9-6)3-1-2-3/h3H,1-2H2,(H3,7,8,9). The number of nitro groups is 1. The lowest BCUT2D eigenvalue weighted by atomic mass is 10.2. The van der Waals surface area contributed by atoms with Crippen LogP contribution in [0, 0.1) is 10.1 Å². The number of aromatic nitrogens is 2. The molecule has 1 heterocycles. The molecule has 1 fully saturated rings. The highest BCUT2D eigenvalue weighted by atomic mass is 16.6. The third-order valence-corrected chi connectivity index (χ3v) is 1.96. The molecule has 0 aromatic carbocycles. The molecule has 0 radical (unpaired) electrons. The van der Waals surface area contributed by atoms with Gasteiger partial charge in [0.15, 0.2) is 0 Å². The number of hydrogen-bond donors (Lipinski definition) is 2. The van der Waals surface area contributed by atoms with Crippen LogP contribution >= 0.6 is 0 Å². The minimum atomic E-state index is -0.480. The molecule has 6 nitrogen and oxygen atoms in total. The normalized spacial score (nSPS) is 16.3. The van der Waals surface area contributed by atoms with E-state index in [0.717, 1.165) is 12.8 Å². The molecule has 1 aliphatic carbocycles. The molecule has 0 aliphatic heterocycles. The van der Waals surface area contributed by atoms with Gasteiger partial charge in [0.25, 0.3) is 0 Å². The summed E-state index contributed by atoms with van der Waals surface area (Å²) in [6.07, 6.45) is 1.98. The largest absolute Gasteiger partial charge is 0.376 e. The van der Waals surface area contributed by atoms with E-state index in [2.05, 4.69) is 10.2 Å². The molecule has 0 unspecified atom stereocenters. The van der Waals surface area contributed by atoms with Gasteiger partial charge in [0.1, 0.15) is 5.69 Å². The fourth-order valence-corrected chi connectivity index (χ4v) is 1.21. The van der Waals surface area contributed by atoms with Crippen LogP contribution in [0.3, 0.4) is 0 Å². The molecule has 1 aromatic rings. The topological polar surface area (TPSA) is 97.8 Å². The van der Waals surface area contributed by atoms with E-state index in [1.807, 2.05) is 0 Å². The second-order valence-electron chi connectivity index (χ2n) is 2.90. The molecule has 0 spiro atoms. The third kappa shape index (κ3) is 0.919. The monoisotopic (exact) mass is 168 g/mol. The second kappa shape index (κ2) is 2.20. The van der Waals surface area contributed by atoms with Gasteiger partial charge in [0.2, 0.25) is 5.82 Å². The number of H-pyrrole nitrogens is 1. The van der Waals surface area contributed by atoms with Crippen LogP contribution in [0.1, 0.15) is 24.5 Å². The number of rotatable bonds is 2. The van der Waals surface area contributed by atoms with Crippen molar-refractivity contribution in [2.24, 2.45) is 0 Å². The van der Waals surface area contributed by atoms with Crippen molar-refractivity contribution >= 4 is 11.5 Å². The SMILES string of the molecule is Nc1n[nH]c(C2CC2)c1[N+](=O)[O-]. The van der Waals surface area contributed by atoms with Crippen LogP contribution in [0.25, 0.3) is 0 Å². The molecule has 12 heavy (non-hydrogen) atoms. The Labute approximate surface area is 67.9 Å². The van der Waals surface area contributed by atoms with E-state index >= 15 is 0 Å². The Morgan fingerprint density at radius 3 is 2.83 bits per heavy atom. The lowest BCUT2D eigenvalue weighted by Crippen LogP contribution is -1.95. The first-order valence-electron chi connectivity index (χ1n) is 3.68. The van der Waals surface area contributed by atoms with Crippen LogP contribution in [0.5, 0.6) is 0 Å². The van der Waals surface area contributed by atoms with Crippen LogP contribution in [0.4, 0.5) is 11.5 Å². The maximum Gasteiger partial charge on any atom is 0.333 e. The molecule has 3 N–H and O–H groups in total. The molecule has 0 atom stereocenters. The van der Waals surface area contributed by atoms with Crippen molar-refractivity contribution in [2.45, 2.75) is 18.8 Å². The number of hydrogen-bond acceptors (Lipinski definition) is 4. The maximum atomic E-state index is 10.5. The Hall–Kier alpha value is -1.59. The summed E-state index contributed by atoms with van der Waals surface area (Å²) < 4.78 is 0. The van der Waals surface area contributed by atoms with E-state index < -0.39 is 4.92 Å².